The first-order valence-corrected chi connectivity index (χ1v) is 10.5. The van der Waals surface area contributed by atoms with Crippen molar-refractivity contribution in [2.75, 3.05) is 10.6 Å². The number of aromatic nitrogens is 1. The molecular weight excluding hydrogens is 432 g/mol. The van der Waals surface area contributed by atoms with Crippen molar-refractivity contribution in [2.45, 2.75) is 0 Å². The van der Waals surface area contributed by atoms with Gasteiger partial charge in [0.2, 0.25) is 0 Å². The Morgan fingerprint density at radius 2 is 1.79 bits per heavy atom. The molecule has 8 nitrogen and oxygen atoms in total. The molecule has 0 spiro atoms. The van der Waals surface area contributed by atoms with Gasteiger partial charge in [0.1, 0.15) is 0 Å². The second kappa shape index (κ2) is 8.51. The van der Waals surface area contributed by atoms with E-state index in [1.165, 1.54) is 24.3 Å². The molecular formula is C26H18N4O4. The van der Waals surface area contributed by atoms with Crippen LogP contribution in [-0.2, 0) is 4.79 Å². The first-order valence-electron chi connectivity index (χ1n) is 10.5. The molecule has 2 amide bonds. The number of carbonyl (C=O) groups excluding carboxylic acids is 2. The van der Waals surface area contributed by atoms with Crippen LogP contribution in [0.15, 0.2) is 85.1 Å². The molecule has 0 saturated carbocycles. The number of non-ortho nitro benzene ring substituents is 1. The molecule has 1 aliphatic rings. The van der Waals surface area contributed by atoms with E-state index in [-0.39, 0.29) is 17.2 Å². The van der Waals surface area contributed by atoms with E-state index in [1.54, 1.807) is 30.5 Å². The number of hydrogen-bond donors (Lipinski definition) is 3. The zero-order chi connectivity index (χ0) is 23.7. The fraction of sp³-hybridized carbons (Fsp3) is 0. The molecule has 2 heterocycles. The van der Waals surface area contributed by atoms with E-state index in [1.807, 2.05) is 36.4 Å². The van der Waals surface area contributed by atoms with Crippen LogP contribution in [0.5, 0.6) is 0 Å². The number of fused-ring (bicyclic) bond motifs is 1. The van der Waals surface area contributed by atoms with Crippen molar-refractivity contribution in [2.24, 2.45) is 0 Å². The Hall–Kier alpha value is -4.98. The Balaban J connectivity index is 1.49. The lowest BCUT2D eigenvalue weighted by Gasteiger charge is -2.11. The van der Waals surface area contributed by atoms with E-state index in [0.29, 0.717) is 16.9 Å². The molecule has 0 radical (unpaired) electrons. The predicted molar refractivity (Wildman–Crippen MR) is 130 cm³/mol. The van der Waals surface area contributed by atoms with Gasteiger partial charge in [0.05, 0.1) is 10.5 Å². The summed E-state index contributed by atoms with van der Waals surface area (Å²) in [5.74, 6) is -0.643. The third-order valence-electron chi connectivity index (χ3n) is 5.50. The first kappa shape index (κ1) is 20.9. The Kier molecular flexibility index (Phi) is 5.23. The van der Waals surface area contributed by atoms with Crippen LogP contribution in [-0.4, -0.2) is 21.7 Å². The molecule has 8 heteroatoms. The van der Waals surface area contributed by atoms with Crippen molar-refractivity contribution in [3.63, 3.8) is 0 Å². The first-order chi connectivity index (χ1) is 16.5. The standard InChI is InChI=1S/C26H18N4O4/c31-25(17-6-2-9-20(14-17)30(33)34)28-19-7-1-5-16(13-19)21-10-3-11-23-24(21)22(26(32)29-23)15-18-8-4-12-27-18/h1-15,27H,(H,28,31)(H,29,32). The van der Waals surface area contributed by atoms with E-state index in [2.05, 4.69) is 15.6 Å². The quantitative estimate of drug-likeness (QED) is 0.216. The Morgan fingerprint density at radius 3 is 2.59 bits per heavy atom. The second-order valence-corrected chi connectivity index (χ2v) is 7.71. The zero-order valence-corrected chi connectivity index (χ0v) is 17.7. The SMILES string of the molecule is O=C1Nc2cccc(-c3cccc(NC(=O)c4cccc([N+](=O)[O-])c4)c3)c2C1=Cc1ccc[nH]1. The Bertz CT molecular complexity index is 1470. The van der Waals surface area contributed by atoms with Gasteiger partial charge in [-0.05, 0) is 53.6 Å². The van der Waals surface area contributed by atoms with Crippen molar-refractivity contribution >= 4 is 40.5 Å². The van der Waals surface area contributed by atoms with E-state index < -0.39 is 10.8 Å². The number of nitrogens with zero attached hydrogens (tertiary/aromatic N) is 1. The molecule has 1 aromatic heterocycles. The molecule has 0 atom stereocenters. The number of nitrogens with one attached hydrogen (secondary N) is 3. The van der Waals surface area contributed by atoms with Gasteiger partial charge in [-0.2, -0.15) is 0 Å². The summed E-state index contributed by atoms with van der Waals surface area (Å²) in [7, 11) is 0. The number of rotatable bonds is 5. The topological polar surface area (TPSA) is 117 Å². The van der Waals surface area contributed by atoms with Crippen LogP contribution in [0.2, 0.25) is 0 Å². The van der Waals surface area contributed by atoms with Crippen molar-refractivity contribution < 1.29 is 14.5 Å². The van der Waals surface area contributed by atoms with Gasteiger partial charge >= 0.3 is 0 Å². The van der Waals surface area contributed by atoms with Crippen LogP contribution in [0.25, 0.3) is 22.8 Å². The van der Waals surface area contributed by atoms with Crippen molar-refractivity contribution in [1.29, 1.82) is 0 Å². The van der Waals surface area contributed by atoms with Gasteiger partial charge in [0.15, 0.2) is 0 Å². The number of nitro groups is 1. The van der Waals surface area contributed by atoms with Crippen LogP contribution >= 0.6 is 0 Å². The average Bonchev–Trinajstić information content (AvgIpc) is 3.47. The summed E-state index contributed by atoms with van der Waals surface area (Å²) in [5.41, 5.74) is 5.05. The van der Waals surface area contributed by atoms with E-state index in [9.17, 15) is 19.7 Å². The molecule has 0 aliphatic carbocycles. The van der Waals surface area contributed by atoms with Crippen molar-refractivity contribution in [3.05, 3.63) is 112 Å². The number of anilines is 2. The van der Waals surface area contributed by atoms with Crippen LogP contribution < -0.4 is 10.6 Å². The summed E-state index contributed by atoms with van der Waals surface area (Å²) in [6.45, 7) is 0. The molecule has 3 aromatic carbocycles. The highest BCUT2D eigenvalue weighted by Gasteiger charge is 2.27. The maximum Gasteiger partial charge on any atom is 0.270 e. The van der Waals surface area contributed by atoms with Gasteiger partial charge < -0.3 is 15.6 Å². The number of benzene rings is 3. The molecule has 0 fully saturated rings. The monoisotopic (exact) mass is 450 g/mol. The molecule has 34 heavy (non-hydrogen) atoms. The Labute approximate surface area is 194 Å². The van der Waals surface area contributed by atoms with Crippen LogP contribution in [0.4, 0.5) is 17.1 Å². The molecule has 3 N–H and O–H groups in total. The predicted octanol–water partition coefficient (Wildman–Crippen LogP) is 5.33. The molecule has 0 saturated heterocycles. The van der Waals surface area contributed by atoms with E-state index in [4.69, 9.17) is 0 Å². The van der Waals surface area contributed by atoms with E-state index >= 15 is 0 Å². The van der Waals surface area contributed by atoms with Gasteiger partial charge in [0.25, 0.3) is 17.5 Å². The minimum atomic E-state index is -0.541. The lowest BCUT2D eigenvalue weighted by Crippen LogP contribution is -2.12. The summed E-state index contributed by atoms with van der Waals surface area (Å²) in [6.07, 6.45) is 3.60. The van der Waals surface area contributed by atoms with Crippen LogP contribution in [0.3, 0.4) is 0 Å². The number of amides is 2. The summed E-state index contributed by atoms with van der Waals surface area (Å²) >= 11 is 0. The molecule has 0 unspecified atom stereocenters. The highest BCUT2D eigenvalue weighted by Crippen LogP contribution is 2.40. The maximum absolute atomic E-state index is 12.7. The molecule has 1 aliphatic heterocycles. The number of carbonyl (C=O) groups is 2. The fourth-order valence-corrected chi connectivity index (χ4v) is 3.95. The minimum absolute atomic E-state index is 0.153. The molecule has 4 aromatic rings. The largest absolute Gasteiger partial charge is 0.362 e. The van der Waals surface area contributed by atoms with E-state index in [0.717, 1.165) is 22.4 Å². The number of nitro benzene ring substituents is 1. The lowest BCUT2D eigenvalue weighted by molar-refractivity contribution is -0.384. The third-order valence-corrected chi connectivity index (χ3v) is 5.50. The Morgan fingerprint density at radius 1 is 0.971 bits per heavy atom. The summed E-state index contributed by atoms with van der Waals surface area (Å²) in [4.78, 5) is 38.9. The molecule has 166 valence electrons. The minimum Gasteiger partial charge on any atom is -0.362 e. The maximum atomic E-state index is 12.7. The van der Waals surface area contributed by atoms with Gasteiger partial charge in [-0.25, -0.2) is 0 Å². The van der Waals surface area contributed by atoms with Gasteiger partial charge in [-0.15, -0.1) is 0 Å². The van der Waals surface area contributed by atoms with Crippen LogP contribution in [0, 0.1) is 10.1 Å². The van der Waals surface area contributed by atoms with Crippen molar-refractivity contribution in [3.8, 4) is 11.1 Å². The number of H-pyrrole nitrogens is 1. The van der Waals surface area contributed by atoms with Gasteiger partial charge in [-0.3, -0.25) is 19.7 Å². The second-order valence-electron chi connectivity index (χ2n) is 7.71. The highest BCUT2D eigenvalue weighted by atomic mass is 16.6. The average molecular weight is 450 g/mol. The smallest absolute Gasteiger partial charge is 0.270 e. The lowest BCUT2D eigenvalue weighted by atomic mass is 9.94. The summed E-state index contributed by atoms with van der Waals surface area (Å²) < 4.78 is 0. The third kappa shape index (κ3) is 3.95. The van der Waals surface area contributed by atoms with Gasteiger partial charge in [0, 0.05) is 46.5 Å². The van der Waals surface area contributed by atoms with Gasteiger partial charge in [-0.1, -0.05) is 30.3 Å². The fourth-order valence-electron chi connectivity index (χ4n) is 3.95. The van der Waals surface area contributed by atoms with Crippen LogP contribution in [0.1, 0.15) is 21.6 Å². The summed E-state index contributed by atoms with van der Waals surface area (Å²) in [5, 5.41) is 16.7. The number of hydrogen-bond acceptors (Lipinski definition) is 4. The summed E-state index contributed by atoms with van der Waals surface area (Å²) in [6, 6.07) is 22.2. The molecule has 0 bridgehead atoms. The highest BCUT2D eigenvalue weighted by molar-refractivity contribution is 6.36. The molecule has 5 rings (SSSR count). The number of aromatic amines is 1. The normalized spacial score (nSPS) is 13.4. The zero-order valence-electron chi connectivity index (χ0n) is 17.7. The van der Waals surface area contributed by atoms with Crippen molar-refractivity contribution in [1.82, 2.24) is 4.98 Å².